The van der Waals surface area contributed by atoms with Crippen molar-refractivity contribution < 1.29 is 0 Å². The molecule has 374 valence electrons. The molecule has 0 N–H and O–H groups in total. The maximum atomic E-state index is 2.73. The van der Waals surface area contributed by atoms with Gasteiger partial charge in [-0.05, 0) is 153 Å². The van der Waals surface area contributed by atoms with Gasteiger partial charge >= 0.3 is 0 Å². The van der Waals surface area contributed by atoms with E-state index in [9.17, 15) is 0 Å². The second-order valence-corrected chi connectivity index (χ2v) is 30.8. The van der Waals surface area contributed by atoms with Gasteiger partial charge in [0.05, 0.1) is 5.69 Å². The summed E-state index contributed by atoms with van der Waals surface area (Å²) in [4.78, 5) is 5.36. The number of nitrogens with zero attached hydrogens (tertiary/aromatic N) is 1. The average Bonchev–Trinajstić information content (AvgIpc) is 4.06. The van der Waals surface area contributed by atoms with Gasteiger partial charge in [0.25, 0.3) is 0 Å². The van der Waals surface area contributed by atoms with Crippen LogP contribution >= 0.6 is 23.1 Å². The van der Waals surface area contributed by atoms with Crippen molar-refractivity contribution in [2.75, 3.05) is 4.90 Å². The highest BCUT2D eigenvalue weighted by atomic mass is 32.2. The van der Waals surface area contributed by atoms with E-state index >= 15 is 0 Å². The van der Waals surface area contributed by atoms with E-state index in [-0.39, 0.29) is 23.0 Å². The topological polar surface area (TPSA) is 3.24 Å². The van der Waals surface area contributed by atoms with E-state index < -0.39 is 8.07 Å². The molecule has 4 heterocycles. The van der Waals surface area contributed by atoms with Gasteiger partial charge in [0, 0.05) is 46.9 Å². The van der Waals surface area contributed by atoms with Gasteiger partial charge in [-0.15, -0.1) is 11.3 Å². The van der Waals surface area contributed by atoms with Crippen LogP contribution in [0.5, 0.6) is 0 Å². The molecule has 11 aromatic rings. The molecule has 0 unspecified atom stereocenters. The summed E-state index contributed by atoms with van der Waals surface area (Å²) in [5.74, 6) is 0. The Morgan fingerprint density at radius 1 is 0.377 bits per heavy atom. The molecule has 0 amide bonds. The Kier molecular flexibility index (Phi) is 10.9. The number of hydrogen-bond donors (Lipinski definition) is 0. The zero-order chi connectivity index (χ0) is 52.8. The van der Waals surface area contributed by atoms with Crippen LogP contribution in [-0.2, 0) is 16.2 Å². The summed E-state index contributed by atoms with van der Waals surface area (Å²) < 4.78 is 2.67. The maximum Gasteiger partial charge on any atom is 0.249 e. The van der Waals surface area contributed by atoms with E-state index in [1.165, 1.54) is 134 Å². The third-order valence-corrected chi connectivity index (χ3v) is 24.2. The number of anilines is 3. The number of thiophene rings is 1. The molecule has 10 aromatic carbocycles. The van der Waals surface area contributed by atoms with Gasteiger partial charge in [0.1, 0.15) is 0 Å². The minimum absolute atomic E-state index is 0.0146. The molecule has 0 fully saturated rings. The minimum Gasteiger partial charge on any atom is -0.311 e. The molecular weight excluding hydrogens is 982 g/mol. The van der Waals surface area contributed by atoms with Crippen LogP contribution in [0.15, 0.2) is 222 Å². The van der Waals surface area contributed by atoms with Crippen molar-refractivity contribution in [2.24, 2.45) is 0 Å². The Morgan fingerprint density at radius 2 is 0.961 bits per heavy atom. The fraction of sp³-hybridized carbons (Fsp3) is 0.167. The summed E-state index contributed by atoms with van der Waals surface area (Å²) in [6.07, 6.45) is 0. The van der Waals surface area contributed by atoms with Crippen LogP contribution in [0.25, 0.3) is 53.6 Å². The Morgan fingerprint density at radius 3 is 1.65 bits per heavy atom. The lowest BCUT2D eigenvalue weighted by molar-refractivity contribution is 0.590. The Bertz CT molecular complexity index is 4150. The third-order valence-electron chi connectivity index (χ3n) is 17.1. The highest BCUT2D eigenvalue weighted by molar-refractivity contribution is 8.00. The van der Waals surface area contributed by atoms with Crippen LogP contribution in [0.3, 0.4) is 0 Å². The summed E-state index contributed by atoms with van der Waals surface area (Å²) in [5, 5.41) is 8.44. The lowest BCUT2D eigenvalue weighted by Crippen LogP contribution is -2.73. The molecule has 5 heteroatoms. The van der Waals surface area contributed by atoms with E-state index in [2.05, 4.69) is 280 Å². The van der Waals surface area contributed by atoms with E-state index in [1.807, 2.05) is 23.1 Å². The summed E-state index contributed by atoms with van der Waals surface area (Å²) in [6, 6.07) is 83.1. The average molecular weight is 1040 g/mol. The van der Waals surface area contributed by atoms with Gasteiger partial charge in [-0.25, -0.2) is 0 Å². The van der Waals surface area contributed by atoms with Crippen LogP contribution in [0, 0.1) is 0 Å². The molecule has 0 aliphatic carbocycles. The molecule has 0 radical (unpaired) electrons. The first-order chi connectivity index (χ1) is 37.1. The Balaban J connectivity index is 1.11. The molecule has 0 bridgehead atoms. The van der Waals surface area contributed by atoms with Crippen LogP contribution in [-0.4, -0.2) is 14.8 Å². The number of benzene rings is 10. The van der Waals surface area contributed by atoms with E-state index in [0.717, 1.165) is 0 Å². The van der Waals surface area contributed by atoms with Gasteiger partial charge in [-0.3, -0.25) is 0 Å². The van der Waals surface area contributed by atoms with Crippen molar-refractivity contribution in [3.8, 4) is 33.4 Å². The molecule has 77 heavy (non-hydrogen) atoms. The van der Waals surface area contributed by atoms with E-state index in [1.54, 1.807) is 0 Å². The van der Waals surface area contributed by atoms with Crippen molar-refractivity contribution in [3.05, 3.63) is 229 Å². The summed E-state index contributed by atoms with van der Waals surface area (Å²) in [7, 11) is -2.87. The van der Waals surface area contributed by atoms with Crippen LogP contribution < -0.4 is 42.0 Å². The zero-order valence-electron chi connectivity index (χ0n) is 45.5. The predicted molar refractivity (Wildman–Crippen MR) is 339 cm³/mol. The van der Waals surface area contributed by atoms with Gasteiger partial charge in [0.2, 0.25) is 6.71 Å². The molecule has 3 aliphatic rings. The quantitative estimate of drug-likeness (QED) is 0.158. The molecule has 1 aromatic heterocycles. The fourth-order valence-corrected chi connectivity index (χ4v) is 20.5. The second-order valence-electron chi connectivity index (χ2n) is 24.9. The van der Waals surface area contributed by atoms with E-state index in [0.29, 0.717) is 0 Å². The molecule has 14 rings (SSSR count). The highest BCUT2D eigenvalue weighted by Gasteiger charge is 2.51. The lowest BCUT2D eigenvalue weighted by atomic mass is 9.34. The third kappa shape index (κ3) is 7.55. The zero-order valence-corrected chi connectivity index (χ0v) is 48.2. The number of fused-ring (bicyclic) bond motifs is 10. The molecular formula is C72H62BNS2Si. The van der Waals surface area contributed by atoms with Crippen LogP contribution in [0.2, 0.25) is 0 Å². The molecule has 1 nitrogen and oxygen atoms in total. The first kappa shape index (κ1) is 48.2. The predicted octanol–water partition coefficient (Wildman–Crippen LogP) is 15.4. The van der Waals surface area contributed by atoms with Gasteiger partial charge in [0.15, 0.2) is 8.07 Å². The monoisotopic (exact) mass is 1040 g/mol. The first-order valence-electron chi connectivity index (χ1n) is 27.4. The maximum absolute atomic E-state index is 2.87. The SMILES string of the molecule is CC(C)(C)c1ccc2c(c1)B1c3cc4c(cc3N(c3ccc(C(C)(C)C)cc3-c3ccccc3)c3cc(-c5ccc6sc7ccc(C(C)(C)C)cc7c6c5)cc(c31)S2)-c1ccccc1[Si]4(c1ccccc1)c1ccccc1. The molecule has 0 saturated heterocycles. The molecule has 0 spiro atoms. The first-order valence-corrected chi connectivity index (χ1v) is 31.1. The second kappa shape index (κ2) is 17.4. The largest absolute Gasteiger partial charge is 0.311 e. The summed E-state index contributed by atoms with van der Waals surface area (Å²) in [6.45, 7) is 21.1. The standard InChI is InChI=1S/C72H62BNS2Si/c1-70(2,3)48-30-33-60(54(40-48)45-21-13-10-14-22-45)74-61-43-57-53-27-19-20-28-67(53)77(51-23-15-11-16-24-51,52-25-17-12-18-26-52)68(57)44-58(61)73-59-42-50(72(7,8)9)32-36-65(59)76-66-39-47(38-62(74)69(66)73)46-29-34-63-55(37-46)56-41-49(71(4,5)6)31-35-64(56)75-63/h10-44H,1-9H3. The van der Waals surface area contributed by atoms with Gasteiger partial charge in [-0.1, -0.05) is 231 Å². The highest BCUT2D eigenvalue weighted by Crippen LogP contribution is 2.49. The Hall–Kier alpha value is -7.15. The van der Waals surface area contributed by atoms with Gasteiger partial charge < -0.3 is 4.90 Å². The van der Waals surface area contributed by atoms with Crippen molar-refractivity contribution in [1.29, 1.82) is 0 Å². The lowest BCUT2D eigenvalue weighted by Gasteiger charge is -2.42. The summed E-state index contributed by atoms with van der Waals surface area (Å²) in [5.41, 5.74) is 19.5. The number of hydrogen-bond acceptors (Lipinski definition) is 3. The number of rotatable bonds is 5. The normalized spacial score (nSPS) is 14.3. The van der Waals surface area contributed by atoms with Crippen molar-refractivity contribution >= 4 is 112 Å². The van der Waals surface area contributed by atoms with Crippen LogP contribution in [0.1, 0.15) is 79.0 Å². The molecule has 0 atom stereocenters. The molecule has 3 aliphatic heterocycles. The van der Waals surface area contributed by atoms with Gasteiger partial charge in [-0.2, -0.15) is 0 Å². The summed E-state index contributed by atoms with van der Waals surface area (Å²) >= 11 is 3.87. The Labute approximate surface area is 464 Å². The van der Waals surface area contributed by atoms with E-state index in [4.69, 9.17) is 0 Å². The smallest absolute Gasteiger partial charge is 0.249 e. The van der Waals surface area contributed by atoms with Crippen LogP contribution in [0.4, 0.5) is 17.1 Å². The molecule has 0 saturated carbocycles. The minimum atomic E-state index is -2.87. The van der Waals surface area contributed by atoms with Crippen molar-refractivity contribution in [1.82, 2.24) is 0 Å². The van der Waals surface area contributed by atoms with Crippen molar-refractivity contribution in [2.45, 2.75) is 88.3 Å². The van der Waals surface area contributed by atoms with Crippen molar-refractivity contribution in [3.63, 3.8) is 0 Å². The fourth-order valence-electron chi connectivity index (χ4n) is 13.0.